The summed E-state index contributed by atoms with van der Waals surface area (Å²) in [6.07, 6.45) is 3.42. The molecule has 0 saturated carbocycles. The van der Waals surface area contributed by atoms with Gasteiger partial charge in [-0.1, -0.05) is 0 Å². The monoisotopic (exact) mass is 599 g/mol. The van der Waals surface area contributed by atoms with Crippen LogP contribution in [0, 0.1) is 0 Å². The van der Waals surface area contributed by atoms with Crippen molar-refractivity contribution < 1.29 is 19.4 Å². The minimum atomic E-state index is -2.64. The molecule has 0 spiro atoms. The molecule has 3 aromatic carbocycles. The quantitative estimate of drug-likeness (QED) is 0.249. The number of hydrogen-bond acceptors (Lipinski definition) is 0. The summed E-state index contributed by atoms with van der Waals surface area (Å²) < 4.78 is 0.171. The second-order valence-corrected chi connectivity index (χ2v) is 30.4. The molecule has 0 radical (unpaired) electrons. The van der Waals surface area contributed by atoms with Crippen molar-refractivity contribution in [3.05, 3.63) is 82.9 Å². The van der Waals surface area contributed by atoms with Gasteiger partial charge < -0.3 is 0 Å². The summed E-state index contributed by atoms with van der Waals surface area (Å²) in [5.41, 5.74) is 9.40. The van der Waals surface area contributed by atoms with Crippen molar-refractivity contribution >= 4 is 55.2 Å². The maximum atomic E-state index is 6.83. The summed E-state index contributed by atoms with van der Waals surface area (Å²) in [5.74, 6) is 0. The zero-order valence-corrected chi connectivity index (χ0v) is 27.4. The van der Waals surface area contributed by atoms with Crippen LogP contribution in [0.1, 0.15) is 32.8 Å². The SMILES string of the molecule is CCc1ccc2c(c1-c1cc([Si](C)(C)C)cc([Si](C)(C)C)c1)C=C(c1ccccc1)[CH]2[Zr]([Cl])[Cl]. The van der Waals surface area contributed by atoms with Gasteiger partial charge in [0.2, 0.25) is 0 Å². The van der Waals surface area contributed by atoms with Crippen molar-refractivity contribution in [1.82, 2.24) is 0 Å². The minimum absolute atomic E-state index is 0.171. The molecule has 0 nitrogen and oxygen atoms in total. The fourth-order valence-electron chi connectivity index (χ4n) is 4.88. The van der Waals surface area contributed by atoms with Gasteiger partial charge in [0.25, 0.3) is 0 Å². The van der Waals surface area contributed by atoms with E-state index in [1.807, 2.05) is 0 Å². The van der Waals surface area contributed by atoms with Crippen LogP contribution >= 0.6 is 17.0 Å². The molecule has 1 aliphatic rings. The van der Waals surface area contributed by atoms with Crippen LogP contribution in [0.15, 0.2) is 60.7 Å². The number of fused-ring (bicyclic) bond motifs is 1. The Morgan fingerprint density at radius 2 is 1.35 bits per heavy atom. The van der Waals surface area contributed by atoms with Crippen molar-refractivity contribution in [3.8, 4) is 11.1 Å². The van der Waals surface area contributed by atoms with E-state index in [9.17, 15) is 0 Å². The van der Waals surface area contributed by atoms with E-state index in [1.54, 1.807) is 10.4 Å². The molecule has 4 rings (SSSR count). The summed E-state index contributed by atoms with van der Waals surface area (Å²) in [4.78, 5) is 0. The van der Waals surface area contributed by atoms with Crippen LogP contribution in [0.25, 0.3) is 22.8 Å². The van der Waals surface area contributed by atoms with Gasteiger partial charge in [-0.15, -0.1) is 0 Å². The van der Waals surface area contributed by atoms with Crippen molar-refractivity contribution in [2.45, 2.75) is 56.3 Å². The third kappa shape index (κ3) is 5.20. The molecule has 0 bridgehead atoms. The summed E-state index contributed by atoms with van der Waals surface area (Å²) in [7, 11) is 10.7. The first-order valence-corrected chi connectivity index (χ1v) is 26.9. The predicted octanol–water partition coefficient (Wildman–Crippen LogP) is 8.53. The molecular formula is C29H35Cl2Si2Zr. The first-order chi connectivity index (χ1) is 15.9. The van der Waals surface area contributed by atoms with Gasteiger partial charge in [0.15, 0.2) is 0 Å². The van der Waals surface area contributed by atoms with Crippen molar-refractivity contribution in [3.63, 3.8) is 0 Å². The molecule has 1 atom stereocenters. The molecule has 0 fully saturated rings. The molecule has 0 aromatic heterocycles. The summed E-state index contributed by atoms with van der Waals surface area (Å²) in [5, 5.41) is 3.10. The molecule has 5 heteroatoms. The molecule has 1 unspecified atom stereocenters. The Labute approximate surface area is 223 Å². The number of hydrogen-bond donors (Lipinski definition) is 0. The molecule has 0 amide bonds. The van der Waals surface area contributed by atoms with Crippen molar-refractivity contribution in [2.75, 3.05) is 0 Å². The Morgan fingerprint density at radius 3 is 1.85 bits per heavy atom. The third-order valence-corrected chi connectivity index (χ3v) is 16.2. The summed E-state index contributed by atoms with van der Waals surface area (Å²) in [6.45, 7) is 17.0. The van der Waals surface area contributed by atoms with E-state index in [0.29, 0.717) is 0 Å². The molecule has 0 N–H and O–H groups in total. The Kier molecular flexibility index (Phi) is 7.74. The van der Waals surface area contributed by atoms with Gasteiger partial charge in [0.05, 0.1) is 0 Å². The first kappa shape index (κ1) is 26.4. The summed E-state index contributed by atoms with van der Waals surface area (Å²) >= 11 is -2.64. The first-order valence-electron chi connectivity index (χ1n) is 12.2. The molecule has 1 aliphatic carbocycles. The van der Waals surface area contributed by atoms with Crippen LogP contribution in [0.4, 0.5) is 0 Å². The Hall–Kier alpha value is -0.703. The van der Waals surface area contributed by atoms with Crippen molar-refractivity contribution in [1.29, 1.82) is 0 Å². The molecule has 177 valence electrons. The zero-order chi connectivity index (χ0) is 24.8. The van der Waals surface area contributed by atoms with Gasteiger partial charge in [-0.3, -0.25) is 0 Å². The maximum absolute atomic E-state index is 6.83. The van der Waals surface area contributed by atoms with Crippen molar-refractivity contribution in [2.24, 2.45) is 0 Å². The van der Waals surface area contributed by atoms with Crippen LogP contribution in [0.2, 0.25) is 39.3 Å². The third-order valence-electron chi connectivity index (χ3n) is 6.95. The molecular weight excluding hydrogens is 567 g/mol. The average molecular weight is 602 g/mol. The van der Waals surface area contributed by atoms with Gasteiger partial charge >= 0.3 is 225 Å². The van der Waals surface area contributed by atoms with Gasteiger partial charge in [-0.2, -0.15) is 0 Å². The van der Waals surface area contributed by atoms with Gasteiger partial charge in [0, 0.05) is 0 Å². The standard InChI is InChI=1S/C29H35Si2.2ClH.Zr/c1-8-21-14-15-23-16-24(22-12-10-9-11-13-22)19-28(23)29(21)25-17-26(30(2,3)4)20-27(18-25)31(5,6)7;;;/h9-20H,8H2,1-7H3;2*1H;/q;;;+2/p-2. The topological polar surface area (TPSA) is 0 Å². The molecule has 3 aromatic rings. The second-order valence-electron chi connectivity index (χ2n) is 11.4. The van der Waals surface area contributed by atoms with E-state index in [0.717, 1.165) is 6.42 Å². The van der Waals surface area contributed by atoms with Crippen LogP contribution in [0.3, 0.4) is 0 Å². The summed E-state index contributed by atoms with van der Waals surface area (Å²) in [6, 6.07) is 22.8. The number of allylic oxidation sites excluding steroid dienone is 1. The normalized spacial score (nSPS) is 15.8. The molecule has 34 heavy (non-hydrogen) atoms. The van der Waals surface area contributed by atoms with Crippen LogP contribution in [-0.2, 0) is 25.8 Å². The molecule has 0 heterocycles. The van der Waals surface area contributed by atoms with Gasteiger partial charge in [-0.25, -0.2) is 0 Å². The van der Waals surface area contributed by atoms with E-state index in [2.05, 4.69) is 113 Å². The van der Waals surface area contributed by atoms with E-state index < -0.39 is 35.5 Å². The van der Waals surface area contributed by atoms with Gasteiger partial charge in [-0.05, 0) is 0 Å². The van der Waals surface area contributed by atoms with Gasteiger partial charge in [0.1, 0.15) is 0 Å². The number of aryl methyl sites for hydroxylation is 1. The number of halogens is 2. The molecule has 0 saturated heterocycles. The van der Waals surface area contributed by atoms with Crippen LogP contribution in [0.5, 0.6) is 0 Å². The van der Waals surface area contributed by atoms with E-state index in [4.69, 9.17) is 17.0 Å². The Balaban J connectivity index is 2.03. The van der Waals surface area contributed by atoms with E-state index >= 15 is 0 Å². The predicted molar refractivity (Wildman–Crippen MR) is 156 cm³/mol. The van der Waals surface area contributed by atoms with E-state index in [-0.39, 0.29) is 3.63 Å². The number of rotatable bonds is 6. The Bertz CT molecular complexity index is 1200. The average Bonchev–Trinajstić information content (AvgIpc) is 3.17. The fourth-order valence-corrected chi connectivity index (χ4v) is 12.6. The zero-order valence-electron chi connectivity index (χ0n) is 21.4. The second kappa shape index (κ2) is 9.98. The van der Waals surface area contributed by atoms with Crippen LogP contribution in [-0.4, -0.2) is 16.1 Å². The van der Waals surface area contributed by atoms with E-state index in [1.165, 1.54) is 39.0 Å². The number of benzene rings is 3. The van der Waals surface area contributed by atoms with Crippen LogP contribution < -0.4 is 10.4 Å². The Morgan fingerprint density at radius 1 is 0.765 bits per heavy atom. The molecule has 0 aliphatic heterocycles. The fraction of sp³-hybridized carbons (Fsp3) is 0.310.